The van der Waals surface area contributed by atoms with Crippen molar-refractivity contribution in [2.45, 2.75) is 56.6 Å². The van der Waals surface area contributed by atoms with Crippen molar-refractivity contribution in [3.63, 3.8) is 0 Å². The summed E-state index contributed by atoms with van der Waals surface area (Å²) in [5, 5.41) is 13.1. The Kier molecular flexibility index (Phi) is 8.45. The Balaban J connectivity index is 1.56. The van der Waals surface area contributed by atoms with Gasteiger partial charge >= 0.3 is 0 Å². The molecule has 0 bridgehead atoms. The number of thioether (sulfide) groups is 1. The highest BCUT2D eigenvalue weighted by molar-refractivity contribution is 7.99. The lowest BCUT2D eigenvalue weighted by Crippen LogP contribution is -2.15. The fourth-order valence-electron chi connectivity index (χ4n) is 3.63. The Morgan fingerprint density at radius 2 is 2.03 bits per heavy atom. The number of hydrogen-bond acceptors (Lipinski definition) is 4. The number of hydrogen-bond donors (Lipinski definition) is 1. The second kappa shape index (κ2) is 11.0. The Labute approximate surface area is 186 Å². The summed E-state index contributed by atoms with van der Waals surface area (Å²) < 4.78 is 2.06. The second-order valence-corrected chi connectivity index (χ2v) is 9.06. The SMILES string of the molecule is C=CCn1c(CCC2CCCCC2)nnc1SCC(=O)Nc1ccc(Cl)c(Cl)c1. The van der Waals surface area contributed by atoms with E-state index >= 15 is 0 Å². The Bertz CT molecular complexity index is 849. The molecule has 156 valence electrons. The molecule has 1 N–H and O–H groups in total. The summed E-state index contributed by atoms with van der Waals surface area (Å²) in [4.78, 5) is 12.3. The van der Waals surface area contributed by atoms with E-state index in [-0.39, 0.29) is 11.7 Å². The summed E-state index contributed by atoms with van der Waals surface area (Å²) in [6, 6.07) is 5.02. The van der Waals surface area contributed by atoms with E-state index in [9.17, 15) is 4.79 Å². The molecule has 8 heteroatoms. The van der Waals surface area contributed by atoms with Gasteiger partial charge in [0.15, 0.2) is 5.16 Å². The number of carbonyl (C=O) groups excluding carboxylic acids is 1. The second-order valence-electron chi connectivity index (χ2n) is 7.31. The normalized spacial score (nSPS) is 14.7. The number of nitrogens with one attached hydrogen (secondary N) is 1. The van der Waals surface area contributed by atoms with Gasteiger partial charge in [0.2, 0.25) is 5.91 Å². The van der Waals surface area contributed by atoms with Crippen molar-refractivity contribution in [3.05, 3.63) is 46.7 Å². The van der Waals surface area contributed by atoms with Crippen LogP contribution in [0.25, 0.3) is 0 Å². The van der Waals surface area contributed by atoms with Crippen LogP contribution in [0.1, 0.15) is 44.3 Å². The summed E-state index contributed by atoms with van der Waals surface area (Å²) in [6.45, 7) is 4.49. The molecule has 3 rings (SSSR count). The maximum atomic E-state index is 12.3. The zero-order valence-corrected chi connectivity index (χ0v) is 18.7. The van der Waals surface area contributed by atoms with Crippen molar-refractivity contribution in [1.29, 1.82) is 0 Å². The van der Waals surface area contributed by atoms with Crippen LogP contribution in [-0.2, 0) is 17.8 Å². The summed E-state index contributed by atoms with van der Waals surface area (Å²) in [7, 11) is 0. The topological polar surface area (TPSA) is 59.8 Å². The molecule has 1 fully saturated rings. The zero-order chi connectivity index (χ0) is 20.6. The van der Waals surface area contributed by atoms with Crippen LogP contribution < -0.4 is 5.32 Å². The molecule has 1 heterocycles. The van der Waals surface area contributed by atoms with Crippen molar-refractivity contribution < 1.29 is 4.79 Å². The first kappa shape index (κ1) is 22.2. The van der Waals surface area contributed by atoms with E-state index in [4.69, 9.17) is 23.2 Å². The predicted octanol–water partition coefficient (Wildman–Crippen LogP) is 6.01. The first-order valence-electron chi connectivity index (χ1n) is 9.97. The van der Waals surface area contributed by atoms with Crippen LogP contribution in [0, 0.1) is 5.92 Å². The number of halogens is 2. The molecule has 1 amide bonds. The average molecular weight is 453 g/mol. The van der Waals surface area contributed by atoms with E-state index < -0.39 is 0 Å². The first-order chi connectivity index (χ1) is 14.1. The number of benzene rings is 1. The Morgan fingerprint density at radius 1 is 1.24 bits per heavy atom. The van der Waals surface area contributed by atoms with Crippen LogP contribution in [0.4, 0.5) is 5.69 Å². The van der Waals surface area contributed by atoms with Gasteiger partial charge in [-0.1, -0.05) is 73.1 Å². The highest BCUT2D eigenvalue weighted by Gasteiger charge is 2.17. The summed E-state index contributed by atoms with van der Waals surface area (Å²) in [5.74, 6) is 1.87. The van der Waals surface area contributed by atoms with Crippen LogP contribution in [0.2, 0.25) is 10.0 Å². The van der Waals surface area contributed by atoms with E-state index in [1.54, 1.807) is 18.2 Å². The third-order valence-electron chi connectivity index (χ3n) is 5.14. The summed E-state index contributed by atoms with van der Waals surface area (Å²) >= 11 is 13.3. The molecule has 5 nitrogen and oxygen atoms in total. The van der Waals surface area contributed by atoms with Gasteiger partial charge in [0, 0.05) is 18.7 Å². The summed E-state index contributed by atoms with van der Waals surface area (Å²) in [5.41, 5.74) is 0.616. The van der Waals surface area contributed by atoms with Crippen LogP contribution in [0.5, 0.6) is 0 Å². The highest BCUT2D eigenvalue weighted by Crippen LogP contribution is 2.28. The van der Waals surface area contributed by atoms with Gasteiger partial charge in [0.1, 0.15) is 5.82 Å². The lowest BCUT2D eigenvalue weighted by molar-refractivity contribution is -0.113. The molecule has 0 radical (unpaired) electrons. The number of aryl methyl sites for hydroxylation is 1. The summed E-state index contributed by atoms with van der Waals surface area (Å²) in [6.07, 6.45) is 10.6. The standard InChI is InChI=1S/C21H26Cl2N4OS/c1-2-12-27-19(11-8-15-6-4-3-5-7-15)25-26-21(27)29-14-20(28)24-16-9-10-17(22)18(23)13-16/h2,9-10,13,15H,1,3-8,11-12,14H2,(H,24,28). The van der Waals surface area contributed by atoms with Gasteiger partial charge in [-0.05, 0) is 30.5 Å². The van der Waals surface area contributed by atoms with Crippen molar-refractivity contribution in [1.82, 2.24) is 14.8 Å². The van der Waals surface area contributed by atoms with E-state index in [1.165, 1.54) is 43.9 Å². The molecular formula is C21H26Cl2N4OS. The van der Waals surface area contributed by atoms with E-state index in [2.05, 4.69) is 26.7 Å². The van der Waals surface area contributed by atoms with Crippen LogP contribution in [0.3, 0.4) is 0 Å². The largest absolute Gasteiger partial charge is 0.325 e. The maximum absolute atomic E-state index is 12.3. The fraction of sp³-hybridized carbons (Fsp3) is 0.476. The Hall–Kier alpha value is -1.50. The van der Waals surface area contributed by atoms with Gasteiger partial charge in [0.25, 0.3) is 0 Å². The van der Waals surface area contributed by atoms with Crippen LogP contribution >= 0.6 is 35.0 Å². The Morgan fingerprint density at radius 3 is 2.76 bits per heavy atom. The molecule has 29 heavy (non-hydrogen) atoms. The fourth-order valence-corrected chi connectivity index (χ4v) is 4.70. The molecule has 1 saturated carbocycles. The smallest absolute Gasteiger partial charge is 0.234 e. The zero-order valence-electron chi connectivity index (χ0n) is 16.4. The van der Waals surface area contributed by atoms with Gasteiger partial charge < -0.3 is 9.88 Å². The number of anilines is 1. The molecule has 1 aromatic carbocycles. The minimum Gasteiger partial charge on any atom is -0.325 e. The monoisotopic (exact) mass is 452 g/mol. The third kappa shape index (κ3) is 6.49. The minimum atomic E-state index is -0.134. The number of amides is 1. The minimum absolute atomic E-state index is 0.134. The molecule has 0 aliphatic heterocycles. The molecule has 0 saturated heterocycles. The first-order valence-corrected chi connectivity index (χ1v) is 11.7. The molecule has 1 aromatic heterocycles. The van der Waals surface area contributed by atoms with Gasteiger partial charge in [-0.2, -0.15) is 0 Å². The van der Waals surface area contributed by atoms with Crippen molar-refractivity contribution in [3.8, 4) is 0 Å². The van der Waals surface area contributed by atoms with Gasteiger partial charge in [-0.15, -0.1) is 16.8 Å². The lowest BCUT2D eigenvalue weighted by Gasteiger charge is -2.21. The molecular weight excluding hydrogens is 427 g/mol. The van der Waals surface area contributed by atoms with Gasteiger partial charge in [0.05, 0.1) is 15.8 Å². The molecule has 0 atom stereocenters. The molecule has 0 spiro atoms. The van der Waals surface area contributed by atoms with E-state index in [0.717, 1.165) is 29.7 Å². The number of aromatic nitrogens is 3. The van der Waals surface area contributed by atoms with E-state index in [0.29, 0.717) is 22.3 Å². The number of nitrogens with zero attached hydrogens (tertiary/aromatic N) is 3. The molecule has 0 unspecified atom stereocenters. The molecule has 1 aliphatic carbocycles. The number of carbonyl (C=O) groups is 1. The predicted molar refractivity (Wildman–Crippen MR) is 121 cm³/mol. The highest BCUT2D eigenvalue weighted by atomic mass is 35.5. The maximum Gasteiger partial charge on any atom is 0.234 e. The third-order valence-corrected chi connectivity index (χ3v) is 6.85. The van der Waals surface area contributed by atoms with Gasteiger partial charge in [-0.25, -0.2) is 0 Å². The molecule has 1 aliphatic rings. The van der Waals surface area contributed by atoms with Gasteiger partial charge in [-0.3, -0.25) is 4.79 Å². The van der Waals surface area contributed by atoms with Crippen LogP contribution in [-0.4, -0.2) is 26.4 Å². The van der Waals surface area contributed by atoms with E-state index in [1.807, 2.05) is 6.08 Å². The molecule has 2 aromatic rings. The average Bonchev–Trinajstić information content (AvgIpc) is 3.10. The number of rotatable bonds is 9. The van der Waals surface area contributed by atoms with Crippen molar-refractivity contribution in [2.24, 2.45) is 5.92 Å². The quantitative estimate of drug-likeness (QED) is 0.373. The van der Waals surface area contributed by atoms with Crippen LogP contribution in [0.15, 0.2) is 36.0 Å². The van der Waals surface area contributed by atoms with Crippen molar-refractivity contribution >= 4 is 46.6 Å². The van der Waals surface area contributed by atoms with Crippen molar-refractivity contribution in [2.75, 3.05) is 11.1 Å². The number of allylic oxidation sites excluding steroid dienone is 1. The lowest BCUT2D eigenvalue weighted by atomic mass is 9.86.